The van der Waals surface area contributed by atoms with E-state index in [1.165, 1.54) is 36.4 Å². The first-order chi connectivity index (χ1) is 9.68. The van der Waals surface area contributed by atoms with Gasteiger partial charge in [-0.1, -0.05) is 22.0 Å². The zero-order chi connectivity index (χ0) is 15.7. The molecule has 0 heterocycles. The topological polar surface area (TPSA) is 80.3 Å². The minimum absolute atomic E-state index is 0.0542. The van der Waals surface area contributed by atoms with Gasteiger partial charge in [0.1, 0.15) is 0 Å². The molecular weight excluding hydrogens is 378 g/mol. The van der Waals surface area contributed by atoms with Crippen LogP contribution in [0.4, 0.5) is 5.69 Å². The van der Waals surface area contributed by atoms with Crippen LogP contribution >= 0.6 is 15.9 Å². The number of sulfone groups is 1. The van der Waals surface area contributed by atoms with E-state index in [1.54, 1.807) is 12.1 Å². The van der Waals surface area contributed by atoms with Crippen molar-refractivity contribution in [2.24, 2.45) is 0 Å². The van der Waals surface area contributed by atoms with Crippen molar-refractivity contribution in [3.63, 3.8) is 0 Å². The molecule has 0 spiro atoms. The summed E-state index contributed by atoms with van der Waals surface area (Å²) in [5.41, 5.74) is 0.195. The van der Waals surface area contributed by atoms with Crippen LogP contribution < -0.4 is 4.72 Å². The molecule has 21 heavy (non-hydrogen) atoms. The van der Waals surface area contributed by atoms with E-state index in [1.807, 2.05) is 0 Å². The molecule has 0 bridgehead atoms. The SMILES string of the molecule is CS(=O)(=O)c1cccc(NS(=O)(=O)c2ccc(Br)cc2)c1. The van der Waals surface area contributed by atoms with Gasteiger partial charge < -0.3 is 0 Å². The first-order valence-electron chi connectivity index (χ1n) is 5.77. The number of benzene rings is 2. The summed E-state index contributed by atoms with van der Waals surface area (Å²) in [5, 5.41) is 0. The van der Waals surface area contributed by atoms with E-state index < -0.39 is 19.9 Å². The second-order valence-electron chi connectivity index (χ2n) is 4.36. The maximum atomic E-state index is 12.2. The molecule has 0 aliphatic heterocycles. The van der Waals surface area contributed by atoms with E-state index in [-0.39, 0.29) is 15.5 Å². The average molecular weight is 390 g/mol. The Bertz CT molecular complexity index is 859. The Hall–Kier alpha value is -1.38. The second kappa shape index (κ2) is 5.78. The Morgan fingerprint density at radius 1 is 0.905 bits per heavy atom. The van der Waals surface area contributed by atoms with E-state index in [0.29, 0.717) is 0 Å². The van der Waals surface area contributed by atoms with Crippen molar-refractivity contribution < 1.29 is 16.8 Å². The standard InChI is InChI=1S/C13H12BrNO4S2/c1-20(16,17)13-4-2-3-11(9-13)15-21(18,19)12-7-5-10(14)6-8-12/h2-9,15H,1H3. The van der Waals surface area contributed by atoms with Gasteiger partial charge in [-0.15, -0.1) is 0 Å². The van der Waals surface area contributed by atoms with Gasteiger partial charge in [0.2, 0.25) is 0 Å². The number of hydrogen-bond acceptors (Lipinski definition) is 4. The minimum Gasteiger partial charge on any atom is -0.280 e. The van der Waals surface area contributed by atoms with Crippen LogP contribution in [0.1, 0.15) is 0 Å². The van der Waals surface area contributed by atoms with Gasteiger partial charge in [-0.05, 0) is 42.5 Å². The van der Waals surface area contributed by atoms with E-state index >= 15 is 0 Å². The normalized spacial score (nSPS) is 12.1. The molecule has 0 amide bonds. The summed E-state index contributed by atoms with van der Waals surface area (Å²) >= 11 is 3.23. The summed E-state index contributed by atoms with van der Waals surface area (Å²) in [6, 6.07) is 11.8. The molecule has 0 unspecified atom stereocenters. The summed E-state index contributed by atoms with van der Waals surface area (Å²) in [4.78, 5) is 0.147. The van der Waals surface area contributed by atoms with Gasteiger partial charge in [0, 0.05) is 10.7 Å². The van der Waals surface area contributed by atoms with E-state index in [9.17, 15) is 16.8 Å². The third-order valence-electron chi connectivity index (χ3n) is 2.64. The van der Waals surface area contributed by atoms with Crippen LogP contribution in [0.25, 0.3) is 0 Å². The summed E-state index contributed by atoms with van der Waals surface area (Å²) in [6.45, 7) is 0. The molecule has 0 aromatic heterocycles. The Labute approximate surface area is 132 Å². The maximum absolute atomic E-state index is 12.2. The first kappa shape index (κ1) is 16.0. The Morgan fingerprint density at radius 3 is 2.10 bits per heavy atom. The van der Waals surface area contributed by atoms with E-state index in [2.05, 4.69) is 20.7 Å². The smallest absolute Gasteiger partial charge is 0.261 e. The highest BCUT2D eigenvalue weighted by Gasteiger charge is 2.15. The van der Waals surface area contributed by atoms with E-state index in [0.717, 1.165) is 10.7 Å². The molecule has 0 aliphatic carbocycles. The molecule has 112 valence electrons. The van der Waals surface area contributed by atoms with E-state index in [4.69, 9.17) is 0 Å². The third kappa shape index (κ3) is 4.05. The van der Waals surface area contributed by atoms with Gasteiger partial charge in [0.25, 0.3) is 10.0 Å². The Kier molecular flexibility index (Phi) is 4.40. The van der Waals surface area contributed by atoms with Crippen LogP contribution in [0.5, 0.6) is 0 Å². The lowest BCUT2D eigenvalue weighted by Crippen LogP contribution is -2.13. The highest BCUT2D eigenvalue weighted by atomic mass is 79.9. The third-order valence-corrected chi connectivity index (χ3v) is 5.67. The van der Waals surface area contributed by atoms with Crippen molar-refractivity contribution in [1.82, 2.24) is 0 Å². The molecule has 2 aromatic rings. The molecule has 2 rings (SSSR count). The van der Waals surface area contributed by atoms with Crippen molar-refractivity contribution in [2.75, 3.05) is 11.0 Å². The molecule has 0 saturated heterocycles. The van der Waals surface area contributed by atoms with Crippen molar-refractivity contribution in [3.8, 4) is 0 Å². The van der Waals surface area contributed by atoms with Gasteiger partial charge in [-0.25, -0.2) is 16.8 Å². The fourth-order valence-electron chi connectivity index (χ4n) is 1.62. The number of sulfonamides is 1. The lowest BCUT2D eigenvalue weighted by atomic mass is 10.3. The number of anilines is 1. The molecule has 8 heteroatoms. The summed E-state index contributed by atoms with van der Waals surface area (Å²) in [7, 11) is -7.15. The van der Waals surface area contributed by atoms with Crippen LogP contribution in [0.15, 0.2) is 62.8 Å². The van der Waals surface area contributed by atoms with Crippen LogP contribution in [0.2, 0.25) is 0 Å². The van der Waals surface area contributed by atoms with Crippen LogP contribution in [0, 0.1) is 0 Å². The Balaban J connectivity index is 2.35. The molecule has 0 atom stereocenters. The molecule has 2 aromatic carbocycles. The zero-order valence-electron chi connectivity index (χ0n) is 10.9. The number of halogens is 1. The number of rotatable bonds is 4. The lowest BCUT2D eigenvalue weighted by Gasteiger charge is -2.09. The minimum atomic E-state index is -3.76. The second-order valence-corrected chi connectivity index (χ2v) is 8.97. The molecule has 5 nitrogen and oxygen atoms in total. The van der Waals surface area contributed by atoms with Crippen molar-refractivity contribution in [3.05, 3.63) is 53.0 Å². The van der Waals surface area contributed by atoms with Gasteiger partial charge in [-0.2, -0.15) is 0 Å². The summed E-state index contributed by atoms with van der Waals surface area (Å²) in [6.07, 6.45) is 1.06. The highest BCUT2D eigenvalue weighted by molar-refractivity contribution is 9.10. The molecule has 1 N–H and O–H groups in total. The van der Waals surface area contributed by atoms with Gasteiger partial charge in [0.15, 0.2) is 9.84 Å². The monoisotopic (exact) mass is 389 g/mol. The molecule has 0 saturated carbocycles. The van der Waals surface area contributed by atoms with Crippen LogP contribution in [-0.4, -0.2) is 23.1 Å². The van der Waals surface area contributed by atoms with Gasteiger partial charge in [-0.3, -0.25) is 4.72 Å². The number of hydrogen-bond donors (Lipinski definition) is 1. The Morgan fingerprint density at radius 2 is 1.52 bits per heavy atom. The molecule has 0 fully saturated rings. The quantitative estimate of drug-likeness (QED) is 0.871. The highest BCUT2D eigenvalue weighted by Crippen LogP contribution is 2.20. The van der Waals surface area contributed by atoms with Crippen molar-refractivity contribution >= 4 is 41.5 Å². The molecule has 0 radical (unpaired) electrons. The molecular formula is C13H12BrNO4S2. The summed E-state index contributed by atoms with van der Waals surface area (Å²) in [5.74, 6) is 0. The number of nitrogens with one attached hydrogen (secondary N) is 1. The summed E-state index contributed by atoms with van der Waals surface area (Å²) < 4.78 is 50.5. The molecule has 0 aliphatic rings. The predicted octanol–water partition coefficient (Wildman–Crippen LogP) is 2.65. The largest absolute Gasteiger partial charge is 0.280 e. The fourth-order valence-corrected chi connectivity index (χ4v) is 3.60. The van der Waals surface area contributed by atoms with Crippen LogP contribution in [0.3, 0.4) is 0 Å². The van der Waals surface area contributed by atoms with Crippen molar-refractivity contribution in [2.45, 2.75) is 9.79 Å². The van der Waals surface area contributed by atoms with Crippen LogP contribution in [-0.2, 0) is 19.9 Å². The van der Waals surface area contributed by atoms with Gasteiger partial charge >= 0.3 is 0 Å². The van der Waals surface area contributed by atoms with Crippen molar-refractivity contribution in [1.29, 1.82) is 0 Å². The lowest BCUT2D eigenvalue weighted by molar-refractivity contribution is 0.599. The average Bonchev–Trinajstić information content (AvgIpc) is 2.38. The fraction of sp³-hybridized carbons (Fsp3) is 0.0769. The zero-order valence-corrected chi connectivity index (χ0v) is 14.2. The first-order valence-corrected chi connectivity index (χ1v) is 9.94. The maximum Gasteiger partial charge on any atom is 0.261 e. The predicted molar refractivity (Wildman–Crippen MR) is 84.5 cm³/mol. The van der Waals surface area contributed by atoms with Gasteiger partial charge in [0.05, 0.1) is 15.5 Å².